The van der Waals surface area contributed by atoms with Crippen molar-refractivity contribution in [2.45, 2.75) is 25.3 Å². The molecule has 1 aromatic rings. The molecule has 1 aliphatic heterocycles. The van der Waals surface area contributed by atoms with E-state index >= 15 is 0 Å². The zero-order chi connectivity index (χ0) is 13.1. The minimum Gasteiger partial charge on any atom is -0.338 e. The molecule has 1 fully saturated rings. The maximum atomic E-state index is 13.4. The molecule has 5 heteroatoms. The number of carbonyl (C=O) groups excluding carboxylic acids is 1. The van der Waals surface area contributed by atoms with Crippen LogP contribution >= 0.6 is 0 Å². The van der Waals surface area contributed by atoms with Crippen molar-refractivity contribution < 1.29 is 13.6 Å². The zero-order valence-corrected chi connectivity index (χ0v) is 10.0. The second-order valence-corrected chi connectivity index (χ2v) is 4.53. The molecule has 1 aliphatic rings. The van der Waals surface area contributed by atoms with E-state index in [-0.39, 0.29) is 23.9 Å². The van der Waals surface area contributed by atoms with E-state index < -0.39 is 11.6 Å². The average molecular weight is 254 g/mol. The number of rotatable bonds is 3. The fourth-order valence-electron chi connectivity index (χ4n) is 2.35. The Balaban J connectivity index is 2.09. The molecule has 1 unspecified atom stereocenters. The standard InChI is InChI=1S/C13H16F2N2O/c14-10-3-4-12(15)9(6-10)7-13(18)17-5-1-2-11(17)8-16/h3-4,6,11H,1-2,5,7-8,16H2. The zero-order valence-electron chi connectivity index (χ0n) is 10.0. The highest BCUT2D eigenvalue weighted by atomic mass is 19.1. The summed E-state index contributed by atoms with van der Waals surface area (Å²) in [5.74, 6) is -1.27. The summed E-state index contributed by atoms with van der Waals surface area (Å²) < 4.78 is 26.4. The van der Waals surface area contributed by atoms with E-state index in [0.717, 1.165) is 31.0 Å². The topological polar surface area (TPSA) is 46.3 Å². The van der Waals surface area contributed by atoms with Gasteiger partial charge in [0.1, 0.15) is 11.6 Å². The Bertz CT molecular complexity index is 451. The number of nitrogens with zero attached hydrogens (tertiary/aromatic N) is 1. The van der Waals surface area contributed by atoms with E-state index in [1.165, 1.54) is 0 Å². The third kappa shape index (κ3) is 2.67. The highest BCUT2D eigenvalue weighted by molar-refractivity contribution is 5.79. The van der Waals surface area contributed by atoms with Crippen LogP contribution in [0.15, 0.2) is 18.2 Å². The van der Waals surface area contributed by atoms with Gasteiger partial charge in [0, 0.05) is 24.7 Å². The normalized spacial score (nSPS) is 19.3. The predicted octanol–water partition coefficient (Wildman–Crippen LogP) is 1.46. The van der Waals surface area contributed by atoms with Crippen LogP contribution in [0.2, 0.25) is 0 Å². The molecule has 1 amide bonds. The van der Waals surface area contributed by atoms with Crippen molar-refractivity contribution in [2.24, 2.45) is 5.73 Å². The van der Waals surface area contributed by atoms with E-state index in [0.29, 0.717) is 13.1 Å². The first kappa shape index (κ1) is 13.0. The van der Waals surface area contributed by atoms with E-state index in [2.05, 4.69) is 0 Å². The maximum Gasteiger partial charge on any atom is 0.227 e. The highest BCUT2D eigenvalue weighted by Gasteiger charge is 2.27. The summed E-state index contributed by atoms with van der Waals surface area (Å²) in [6, 6.07) is 3.19. The Hall–Kier alpha value is -1.49. The Labute approximate surface area is 105 Å². The molecule has 0 radical (unpaired) electrons. The number of nitrogens with two attached hydrogens (primary N) is 1. The van der Waals surface area contributed by atoms with Crippen LogP contribution < -0.4 is 5.73 Å². The SMILES string of the molecule is NCC1CCCN1C(=O)Cc1cc(F)ccc1F. The number of likely N-dealkylation sites (tertiary alicyclic amines) is 1. The van der Waals surface area contributed by atoms with Gasteiger partial charge >= 0.3 is 0 Å². The summed E-state index contributed by atoms with van der Waals surface area (Å²) in [6.45, 7) is 1.06. The van der Waals surface area contributed by atoms with Crippen LogP contribution in [-0.4, -0.2) is 29.9 Å². The lowest BCUT2D eigenvalue weighted by atomic mass is 10.1. The molecule has 0 aliphatic carbocycles. The Morgan fingerprint density at radius 1 is 1.44 bits per heavy atom. The van der Waals surface area contributed by atoms with Crippen LogP contribution in [0.3, 0.4) is 0 Å². The second-order valence-electron chi connectivity index (χ2n) is 4.53. The lowest BCUT2D eigenvalue weighted by Gasteiger charge is -2.23. The van der Waals surface area contributed by atoms with E-state index in [9.17, 15) is 13.6 Å². The Kier molecular flexibility index (Phi) is 3.91. The molecule has 0 aromatic heterocycles. The van der Waals surface area contributed by atoms with Gasteiger partial charge in [0.2, 0.25) is 5.91 Å². The highest BCUT2D eigenvalue weighted by Crippen LogP contribution is 2.19. The van der Waals surface area contributed by atoms with Gasteiger partial charge in [0.05, 0.1) is 6.42 Å². The van der Waals surface area contributed by atoms with Gasteiger partial charge in [-0.2, -0.15) is 0 Å². The van der Waals surface area contributed by atoms with Crippen molar-refractivity contribution in [3.05, 3.63) is 35.4 Å². The molecule has 0 spiro atoms. The number of hydrogen-bond donors (Lipinski definition) is 1. The predicted molar refractivity (Wildman–Crippen MR) is 63.9 cm³/mol. The number of amides is 1. The van der Waals surface area contributed by atoms with Crippen LogP contribution in [0.4, 0.5) is 8.78 Å². The van der Waals surface area contributed by atoms with Crippen LogP contribution in [0.5, 0.6) is 0 Å². The lowest BCUT2D eigenvalue weighted by molar-refractivity contribution is -0.131. The summed E-state index contributed by atoms with van der Waals surface area (Å²) in [5, 5.41) is 0. The fraction of sp³-hybridized carbons (Fsp3) is 0.462. The van der Waals surface area contributed by atoms with E-state index in [1.54, 1.807) is 4.90 Å². The smallest absolute Gasteiger partial charge is 0.227 e. The van der Waals surface area contributed by atoms with Crippen molar-refractivity contribution in [1.29, 1.82) is 0 Å². The van der Waals surface area contributed by atoms with Gasteiger partial charge in [0.15, 0.2) is 0 Å². The first-order valence-corrected chi connectivity index (χ1v) is 6.05. The van der Waals surface area contributed by atoms with Gasteiger partial charge in [-0.15, -0.1) is 0 Å². The third-order valence-electron chi connectivity index (χ3n) is 3.32. The van der Waals surface area contributed by atoms with Crippen LogP contribution in [0.1, 0.15) is 18.4 Å². The van der Waals surface area contributed by atoms with Crippen LogP contribution in [0, 0.1) is 11.6 Å². The largest absolute Gasteiger partial charge is 0.338 e. The van der Waals surface area contributed by atoms with Crippen molar-refractivity contribution in [2.75, 3.05) is 13.1 Å². The molecule has 18 heavy (non-hydrogen) atoms. The average Bonchev–Trinajstić information content (AvgIpc) is 2.82. The van der Waals surface area contributed by atoms with Gasteiger partial charge in [-0.1, -0.05) is 0 Å². The summed E-state index contributed by atoms with van der Waals surface area (Å²) in [7, 11) is 0. The van der Waals surface area contributed by atoms with E-state index in [1.807, 2.05) is 0 Å². The number of benzene rings is 1. The minimum absolute atomic E-state index is 0.0362. The second kappa shape index (κ2) is 5.44. The first-order chi connectivity index (χ1) is 8.61. The number of hydrogen-bond acceptors (Lipinski definition) is 2. The summed E-state index contributed by atoms with van der Waals surface area (Å²) >= 11 is 0. The third-order valence-corrected chi connectivity index (χ3v) is 3.32. The molecule has 98 valence electrons. The Morgan fingerprint density at radius 2 is 2.22 bits per heavy atom. The molecule has 1 heterocycles. The summed E-state index contributed by atoms with van der Waals surface area (Å²) in [4.78, 5) is 13.7. The van der Waals surface area contributed by atoms with Gasteiger partial charge in [-0.05, 0) is 31.0 Å². The maximum absolute atomic E-state index is 13.4. The first-order valence-electron chi connectivity index (χ1n) is 6.05. The van der Waals surface area contributed by atoms with Gasteiger partial charge < -0.3 is 10.6 Å². The van der Waals surface area contributed by atoms with Crippen molar-refractivity contribution in [3.63, 3.8) is 0 Å². The van der Waals surface area contributed by atoms with Crippen molar-refractivity contribution >= 4 is 5.91 Å². The van der Waals surface area contributed by atoms with Crippen molar-refractivity contribution in [1.82, 2.24) is 4.90 Å². The van der Waals surface area contributed by atoms with Crippen LogP contribution in [-0.2, 0) is 11.2 Å². The number of carbonyl (C=O) groups is 1. The Morgan fingerprint density at radius 3 is 2.94 bits per heavy atom. The molecule has 1 aromatic carbocycles. The molecular weight excluding hydrogens is 238 g/mol. The monoisotopic (exact) mass is 254 g/mol. The van der Waals surface area contributed by atoms with Crippen LogP contribution in [0.25, 0.3) is 0 Å². The molecule has 1 saturated heterocycles. The molecule has 0 bridgehead atoms. The molecule has 1 atom stereocenters. The van der Waals surface area contributed by atoms with Gasteiger partial charge in [-0.25, -0.2) is 8.78 Å². The van der Waals surface area contributed by atoms with Crippen molar-refractivity contribution in [3.8, 4) is 0 Å². The molecule has 3 nitrogen and oxygen atoms in total. The molecular formula is C13H16F2N2O. The van der Waals surface area contributed by atoms with Gasteiger partial charge in [0.25, 0.3) is 0 Å². The molecule has 2 N–H and O–H groups in total. The van der Waals surface area contributed by atoms with E-state index in [4.69, 9.17) is 5.73 Å². The summed E-state index contributed by atoms with van der Waals surface area (Å²) in [5.41, 5.74) is 5.68. The summed E-state index contributed by atoms with van der Waals surface area (Å²) in [6.07, 6.45) is 1.69. The molecule has 2 rings (SSSR count). The number of halogens is 2. The molecule has 0 saturated carbocycles. The lowest BCUT2D eigenvalue weighted by Crippen LogP contribution is -2.40. The fourth-order valence-corrected chi connectivity index (χ4v) is 2.35. The quantitative estimate of drug-likeness (QED) is 0.887. The van der Waals surface area contributed by atoms with Gasteiger partial charge in [-0.3, -0.25) is 4.79 Å². The minimum atomic E-state index is -0.548.